The molecule has 2 atom stereocenters. The Morgan fingerprint density at radius 1 is 0.818 bits per heavy atom. The Hall–Kier alpha value is -3.93. The van der Waals surface area contributed by atoms with Crippen molar-refractivity contribution in [2.75, 3.05) is 13.7 Å². The fourth-order valence-corrected chi connectivity index (χ4v) is 4.21. The minimum Gasteiger partial charge on any atom is -0.467 e. The number of hydrogen-bond acceptors (Lipinski definition) is 5. The van der Waals surface area contributed by atoms with Gasteiger partial charge in [0.25, 0.3) is 0 Å². The average molecular weight is 443 g/mol. The third-order valence-electron chi connectivity index (χ3n) is 5.82. The van der Waals surface area contributed by atoms with Gasteiger partial charge in [0.2, 0.25) is 5.91 Å². The number of hydrogen-bond donors (Lipinski definition) is 0. The molecule has 6 heteroatoms. The molecule has 33 heavy (non-hydrogen) atoms. The van der Waals surface area contributed by atoms with Crippen LogP contribution in [0.4, 0.5) is 0 Å². The first-order chi connectivity index (χ1) is 16.1. The second-order valence-electron chi connectivity index (χ2n) is 7.91. The molecule has 4 rings (SSSR count). The average Bonchev–Trinajstić information content (AvgIpc) is 3.29. The molecule has 1 heterocycles. The van der Waals surface area contributed by atoms with Gasteiger partial charge in [-0.25, -0.2) is 9.59 Å². The molecule has 0 aromatic heterocycles. The Kier molecular flexibility index (Phi) is 6.83. The van der Waals surface area contributed by atoms with Gasteiger partial charge in [-0.15, -0.1) is 0 Å². The van der Waals surface area contributed by atoms with Gasteiger partial charge in [-0.3, -0.25) is 4.79 Å². The number of rotatable bonds is 6. The third kappa shape index (κ3) is 4.95. The first-order valence-corrected chi connectivity index (χ1v) is 10.8. The lowest BCUT2D eigenvalue weighted by Gasteiger charge is -2.28. The van der Waals surface area contributed by atoms with Crippen molar-refractivity contribution in [3.05, 3.63) is 108 Å². The van der Waals surface area contributed by atoms with Crippen molar-refractivity contribution in [3.63, 3.8) is 0 Å². The second kappa shape index (κ2) is 10.1. The summed E-state index contributed by atoms with van der Waals surface area (Å²) >= 11 is 0. The molecule has 1 amide bonds. The number of carbonyl (C=O) groups is 3. The quantitative estimate of drug-likeness (QED) is 0.542. The van der Waals surface area contributed by atoms with Crippen LogP contribution in [-0.2, 0) is 19.1 Å². The van der Waals surface area contributed by atoms with E-state index in [1.165, 1.54) is 12.0 Å². The standard InChI is InChI=1S/C27H25NO5/c1-32-27(31)23-17-22(33-26(30)21-15-9-4-10-16-21)18-28(23)25(29)24(19-11-5-2-6-12-19)20-13-7-3-8-14-20/h2-16,22-24H,17-18H2,1H3. The van der Waals surface area contributed by atoms with Gasteiger partial charge in [-0.1, -0.05) is 78.9 Å². The zero-order valence-corrected chi connectivity index (χ0v) is 18.3. The lowest BCUT2D eigenvalue weighted by Crippen LogP contribution is -2.43. The van der Waals surface area contributed by atoms with Crippen molar-refractivity contribution in [1.82, 2.24) is 4.90 Å². The molecule has 1 fully saturated rings. The molecule has 1 saturated heterocycles. The van der Waals surface area contributed by atoms with Crippen LogP contribution in [-0.4, -0.2) is 48.5 Å². The highest BCUT2D eigenvalue weighted by Gasteiger charge is 2.44. The predicted molar refractivity (Wildman–Crippen MR) is 123 cm³/mol. The first kappa shape index (κ1) is 22.3. The summed E-state index contributed by atoms with van der Waals surface area (Å²) in [6, 6.07) is 26.7. The van der Waals surface area contributed by atoms with Crippen LogP contribution in [0.3, 0.4) is 0 Å². The molecule has 0 bridgehead atoms. The van der Waals surface area contributed by atoms with Crippen molar-refractivity contribution >= 4 is 17.8 Å². The molecular weight excluding hydrogens is 418 g/mol. The van der Waals surface area contributed by atoms with Crippen LogP contribution >= 0.6 is 0 Å². The van der Waals surface area contributed by atoms with E-state index in [9.17, 15) is 14.4 Å². The fourth-order valence-electron chi connectivity index (χ4n) is 4.21. The topological polar surface area (TPSA) is 72.9 Å². The number of nitrogens with zero attached hydrogens (tertiary/aromatic N) is 1. The second-order valence-corrected chi connectivity index (χ2v) is 7.91. The summed E-state index contributed by atoms with van der Waals surface area (Å²) in [5, 5.41) is 0. The molecule has 0 N–H and O–H groups in total. The maximum atomic E-state index is 13.9. The van der Waals surface area contributed by atoms with Crippen molar-refractivity contribution < 1.29 is 23.9 Å². The monoisotopic (exact) mass is 443 g/mol. The van der Waals surface area contributed by atoms with Gasteiger partial charge in [0, 0.05) is 6.42 Å². The van der Waals surface area contributed by atoms with E-state index in [4.69, 9.17) is 9.47 Å². The Labute approximate surface area is 192 Å². The zero-order chi connectivity index (χ0) is 23.2. The molecule has 2 unspecified atom stereocenters. The van der Waals surface area contributed by atoms with Crippen LogP contribution in [0.25, 0.3) is 0 Å². The van der Waals surface area contributed by atoms with Gasteiger partial charge in [0.05, 0.1) is 25.1 Å². The maximum Gasteiger partial charge on any atom is 0.338 e. The van der Waals surface area contributed by atoms with Crippen LogP contribution in [0, 0.1) is 0 Å². The van der Waals surface area contributed by atoms with Crippen molar-refractivity contribution in [2.45, 2.75) is 24.5 Å². The van der Waals surface area contributed by atoms with Crippen LogP contribution in [0.2, 0.25) is 0 Å². The van der Waals surface area contributed by atoms with E-state index in [-0.39, 0.29) is 18.9 Å². The molecule has 0 spiro atoms. The van der Waals surface area contributed by atoms with Crippen LogP contribution < -0.4 is 0 Å². The largest absolute Gasteiger partial charge is 0.467 e. The first-order valence-electron chi connectivity index (χ1n) is 10.8. The number of methoxy groups -OCH3 is 1. The Morgan fingerprint density at radius 2 is 1.33 bits per heavy atom. The number of amides is 1. The van der Waals surface area contributed by atoms with Gasteiger partial charge in [0.15, 0.2) is 0 Å². The molecule has 1 aliphatic rings. The molecule has 168 valence electrons. The molecular formula is C27H25NO5. The molecule has 3 aromatic carbocycles. The number of carbonyl (C=O) groups excluding carboxylic acids is 3. The number of esters is 2. The van der Waals surface area contributed by atoms with Gasteiger partial charge < -0.3 is 14.4 Å². The van der Waals surface area contributed by atoms with E-state index in [0.717, 1.165) is 11.1 Å². The van der Waals surface area contributed by atoms with E-state index >= 15 is 0 Å². The van der Waals surface area contributed by atoms with Crippen LogP contribution in [0.5, 0.6) is 0 Å². The van der Waals surface area contributed by atoms with Crippen LogP contribution in [0.15, 0.2) is 91.0 Å². The Morgan fingerprint density at radius 3 is 1.85 bits per heavy atom. The normalized spacial score (nSPS) is 17.6. The summed E-state index contributed by atoms with van der Waals surface area (Å²) in [5.41, 5.74) is 2.06. The van der Waals surface area contributed by atoms with Crippen molar-refractivity contribution in [3.8, 4) is 0 Å². The Balaban J connectivity index is 1.61. The molecule has 3 aromatic rings. The van der Waals surface area contributed by atoms with E-state index < -0.39 is 30.0 Å². The molecule has 0 aliphatic carbocycles. The highest BCUT2D eigenvalue weighted by molar-refractivity contribution is 5.92. The SMILES string of the molecule is COC(=O)C1CC(OC(=O)c2ccccc2)CN1C(=O)C(c1ccccc1)c1ccccc1. The van der Waals surface area contributed by atoms with Gasteiger partial charge in [-0.2, -0.15) is 0 Å². The van der Waals surface area contributed by atoms with Crippen molar-refractivity contribution in [1.29, 1.82) is 0 Å². The summed E-state index contributed by atoms with van der Waals surface area (Å²) in [7, 11) is 1.29. The van der Waals surface area contributed by atoms with E-state index in [1.54, 1.807) is 24.3 Å². The molecule has 0 radical (unpaired) electrons. The maximum absolute atomic E-state index is 13.9. The number of benzene rings is 3. The highest BCUT2D eigenvalue weighted by Crippen LogP contribution is 2.31. The van der Waals surface area contributed by atoms with Gasteiger partial charge >= 0.3 is 11.9 Å². The lowest BCUT2D eigenvalue weighted by molar-refractivity contribution is -0.151. The lowest BCUT2D eigenvalue weighted by atomic mass is 9.90. The predicted octanol–water partition coefficient (Wildman–Crippen LogP) is 3.82. The van der Waals surface area contributed by atoms with Gasteiger partial charge in [0.1, 0.15) is 12.1 Å². The minimum atomic E-state index is -0.828. The smallest absolute Gasteiger partial charge is 0.338 e. The molecule has 0 saturated carbocycles. The summed E-state index contributed by atoms with van der Waals surface area (Å²) in [6.07, 6.45) is -0.425. The highest BCUT2D eigenvalue weighted by atomic mass is 16.5. The number of ether oxygens (including phenoxy) is 2. The van der Waals surface area contributed by atoms with Gasteiger partial charge in [-0.05, 0) is 23.3 Å². The summed E-state index contributed by atoms with van der Waals surface area (Å²) < 4.78 is 10.6. The summed E-state index contributed by atoms with van der Waals surface area (Å²) in [6.45, 7) is 0.118. The van der Waals surface area contributed by atoms with E-state index in [0.29, 0.717) is 5.56 Å². The van der Waals surface area contributed by atoms with E-state index in [2.05, 4.69) is 0 Å². The fraction of sp³-hybridized carbons (Fsp3) is 0.222. The molecule has 1 aliphatic heterocycles. The molecule has 6 nitrogen and oxygen atoms in total. The van der Waals surface area contributed by atoms with E-state index in [1.807, 2.05) is 66.7 Å². The van der Waals surface area contributed by atoms with Crippen molar-refractivity contribution in [2.24, 2.45) is 0 Å². The van der Waals surface area contributed by atoms with Crippen LogP contribution in [0.1, 0.15) is 33.8 Å². The third-order valence-corrected chi connectivity index (χ3v) is 5.82. The minimum absolute atomic E-state index is 0.118. The number of likely N-dealkylation sites (tertiary alicyclic amines) is 1. The summed E-state index contributed by atoms with van der Waals surface area (Å²) in [4.78, 5) is 40.5. The Bertz CT molecular complexity index is 1060. The zero-order valence-electron chi connectivity index (χ0n) is 18.3. The summed E-state index contributed by atoms with van der Waals surface area (Å²) in [5.74, 6) is -1.84.